The molecule has 2 amide bonds. The lowest BCUT2D eigenvalue weighted by molar-refractivity contribution is -0.124. The Kier molecular flexibility index (Phi) is 6.26. The van der Waals surface area contributed by atoms with Crippen molar-refractivity contribution in [3.05, 3.63) is 51.7 Å². The normalized spacial score (nSPS) is 11.2. The fourth-order valence-electron chi connectivity index (χ4n) is 2.05. The Morgan fingerprint density at radius 1 is 1.12 bits per heavy atom. The van der Waals surface area contributed by atoms with Gasteiger partial charge >= 0.3 is 0 Å². The molecule has 126 valence electrons. The molecule has 2 N–H and O–H groups in total. The molecule has 1 heterocycles. The second-order valence-electron chi connectivity index (χ2n) is 5.58. The molecular formula is C18H21N3O2S. The van der Waals surface area contributed by atoms with E-state index in [1.54, 1.807) is 11.3 Å². The number of hydrazone groups is 1. The summed E-state index contributed by atoms with van der Waals surface area (Å²) in [6.07, 6.45) is 0.213. The molecule has 0 atom stereocenters. The summed E-state index contributed by atoms with van der Waals surface area (Å²) >= 11 is 1.56. The number of anilines is 1. The third kappa shape index (κ3) is 5.31. The topological polar surface area (TPSA) is 70.6 Å². The molecule has 2 rings (SSSR count). The fourth-order valence-corrected chi connectivity index (χ4v) is 2.73. The van der Waals surface area contributed by atoms with Crippen molar-refractivity contribution in [1.82, 2.24) is 5.43 Å². The molecule has 0 aliphatic rings. The number of hydrogen-bond acceptors (Lipinski definition) is 4. The highest BCUT2D eigenvalue weighted by Gasteiger charge is 2.09. The van der Waals surface area contributed by atoms with E-state index in [2.05, 4.69) is 15.8 Å². The van der Waals surface area contributed by atoms with Gasteiger partial charge in [-0.05, 0) is 49.4 Å². The Bertz CT molecular complexity index is 752. The minimum atomic E-state index is -0.276. The maximum atomic E-state index is 12.0. The van der Waals surface area contributed by atoms with Crippen LogP contribution in [-0.2, 0) is 9.59 Å². The minimum Gasteiger partial charge on any atom is -0.326 e. The molecule has 0 unspecified atom stereocenters. The van der Waals surface area contributed by atoms with Crippen LogP contribution in [0.2, 0.25) is 0 Å². The Balaban J connectivity index is 1.80. The molecular weight excluding hydrogens is 322 g/mol. The van der Waals surface area contributed by atoms with Gasteiger partial charge in [-0.2, -0.15) is 5.10 Å². The smallest absolute Gasteiger partial charge is 0.240 e. The molecule has 0 fully saturated rings. The molecule has 24 heavy (non-hydrogen) atoms. The number of carbonyl (C=O) groups excluding carboxylic acids is 2. The van der Waals surface area contributed by atoms with Crippen molar-refractivity contribution in [2.45, 2.75) is 33.6 Å². The van der Waals surface area contributed by atoms with E-state index in [4.69, 9.17) is 0 Å². The standard InChI is InChI=1S/C18H21N3O2S/c1-12-6-7-13(2)15(11-12)19-17(22)8-9-18(23)21-20-14(3)16-5-4-10-24-16/h4-7,10-11H,8-9H2,1-3H3,(H,19,22)(H,21,23). The summed E-state index contributed by atoms with van der Waals surface area (Å²) in [7, 11) is 0. The fraction of sp³-hybridized carbons (Fsp3) is 0.278. The first-order valence-corrected chi connectivity index (χ1v) is 8.58. The Labute approximate surface area is 145 Å². The van der Waals surface area contributed by atoms with E-state index in [9.17, 15) is 9.59 Å². The second kappa shape index (κ2) is 8.40. The highest BCUT2D eigenvalue weighted by Crippen LogP contribution is 2.16. The molecule has 6 heteroatoms. The van der Waals surface area contributed by atoms with Crippen LogP contribution in [0.15, 0.2) is 40.8 Å². The van der Waals surface area contributed by atoms with Gasteiger partial charge < -0.3 is 5.32 Å². The second-order valence-corrected chi connectivity index (χ2v) is 6.52. The molecule has 0 spiro atoms. The van der Waals surface area contributed by atoms with Gasteiger partial charge in [-0.1, -0.05) is 18.2 Å². The van der Waals surface area contributed by atoms with Crippen molar-refractivity contribution in [3.63, 3.8) is 0 Å². The SMILES string of the molecule is CC(=NNC(=O)CCC(=O)Nc1cc(C)ccc1C)c1cccs1. The van der Waals surface area contributed by atoms with Crippen LogP contribution in [0.5, 0.6) is 0 Å². The first kappa shape index (κ1) is 17.9. The maximum absolute atomic E-state index is 12.0. The summed E-state index contributed by atoms with van der Waals surface area (Å²) in [5.74, 6) is -0.458. The van der Waals surface area contributed by atoms with Gasteiger partial charge in [0.05, 0.1) is 5.71 Å². The van der Waals surface area contributed by atoms with Gasteiger partial charge in [0.2, 0.25) is 11.8 Å². The Hall–Kier alpha value is -2.47. The number of amides is 2. The third-order valence-electron chi connectivity index (χ3n) is 3.47. The monoisotopic (exact) mass is 343 g/mol. The van der Waals surface area contributed by atoms with E-state index in [0.29, 0.717) is 0 Å². The third-order valence-corrected chi connectivity index (χ3v) is 4.45. The molecule has 1 aromatic carbocycles. The lowest BCUT2D eigenvalue weighted by Gasteiger charge is -2.09. The molecule has 2 aromatic rings. The molecule has 0 aliphatic heterocycles. The highest BCUT2D eigenvalue weighted by molar-refractivity contribution is 7.12. The summed E-state index contributed by atoms with van der Waals surface area (Å²) in [4.78, 5) is 24.8. The number of aryl methyl sites for hydroxylation is 2. The molecule has 0 bridgehead atoms. The van der Waals surface area contributed by atoms with Gasteiger partial charge in [-0.3, -0.25) is 9.59 Å². The van der Waals surface area contributed by atoms with Crippen LogP contribution >= 0.6 is 11.3 Å². The zero-order valence-electron chi connectivity index (χ0n) is 14.1. The average molecular weight is 343 g/mol. The molecule has 0 saturated heterocycles. The summed E-state index contributed by atoms with van der Waals surface area (Å²) < 4.78 is 0. The number of benzene rings is 1. The summed E-state index contributed by atoms with van der Waals surface area (Å²) in [5, 5.41) is 8.84. The van der Waals surface area contributed by atoms with Gasteiger partial charge in [-0.25, -0.2) is 5.43 Å². The summed E-state index contributed by atoms with van der Waals surface area (Å²) in [6.45, 7) is 5.74. The highest BCUT2D eigenvalue weighted by atomic mass is 32.1. The van der Waals surface area contributed by atoms with E-state index in [1.807, 2.05) is 56.5 Å². The van der Waals surface area contributed by atoms with E-state index >= 15 is 0 Å². The summed E-state index contributed by atoms with van der Waals surface area (Å²) in [5.41, 5.74) is 6.09. The van der Waals surface area contributed by atoms with Gasteiger partial charge in [0, 0.05) is 23.4 Å². The largest absolute Gasteiger partial charge is 0.326 e. The number of nitrogens with zero attached hydrogens (tertiary/aromatic N) is 1. The van der Waals surface area contributed by atoms with Crippen molar-refractivity contribution in [2.75, 3.05) is 5.32 Å². The van der Waals surface area contributed by atoms with Gasteiger partial charge in [0.1, 0.15) is 0 Å². The molecule has 0 aliphatic carbocycles. The molecule has 0 radical (unpaired) electrons. The van der Waals surface area contributed by atoms with Crippen molar-refractivity contribution >= 4 is 34.6 Å². The van der Waals surface area contributed by atoms with Crippen molar-refractivity contribution in [3.8, 4) is 0 Å². The van der Waals surface area contributed by atoms with Crippen LogP contribution < -0.4 is 10.7 Å². The summed E-state index contributed by atoms with van der Waals surface area (Å²) in [6, 6.07) is 9.74. The van der Waals surface area contributed by atoms with Crippen molar-refractivity contribution in [1.29, 1.82) is 0 Å². The maximum Gasteiger partial charge on any atom is 0.240 e. The molecule has 1 aromatic heterocycles. The molecule has 5 nitrogen and oxygen atoms in total. The Morgan fingerprint density at radius 2 is 1.88 bits per heavy atom. The lowest BCUT2D eigenvalue weighted by Crippen LogP contribution is -2.21. The number of nitrogens with one attached hydrogen (secondary N) is 2. The zero-order chi connectivity index (χ0) is 17.5. The van der Waals surface area contributed by atoms with Crippen LogP contribution in [-0.4, -0.2) is 17.5 Å². The lowest BCUT2D eigenvalue weighted by atomic mass is 10.1. The van der Waals surface area contributed by atoms with Crippen LogP contribution in [0, 0.1) is 13.8 Å². The van der Waals surface area contributed by atoms with Gasteiger partial charge in [0.15, 0.2) is 0 Å². The number of carbonyl (C=O) groups is 2. The first-order valence-electron chi connectivity index (χ1n) is 7.70. The molecule has 0 saturated carbocycles. The quantitative estimate of drug-likeness (QED) is 0.621. The van der Waals surface area contributed by atoms with E-state index in [1.165, 1.54) is 0 Å². The van der Waals surface area contributed by atoms with Crippen molar-refractivity contribution in [2.24, 2.45) is 5.10 Å². The number of hydrogen-bond donors (Lipinski definition) is 2. The van der Waals surface area contributed by atoms with Gasteiger partial charge in [-0.15, -0.1) is 11.3 Å². The number of rotatable bonds is 6. The Morgan fingerprint density at radius 3 is 2.58 bits per heavy atom. The predicted molar refractivity (Wildman–Crippen MR) is 98.5 cm³/mol. The van der Waals surface area contributed by atoms with Crippen LogP contribution in [0.1, 0.15) is 35.8 Å². The van der Waals surface area contributed by atoms with Gasteiger partial charge in [0.25, 0.3) is 0 Å². The van der Waals surface area contributed by atoms with E-state index < -0.39 is 0 Å². The average Bonchev–Trinajstić information content (AvgIpc) is 3.08. The van der Waals surface area contributed by atoms with Crippen LogP contribution in [0.3, 0.4) is 0 Å². The minimum absolute atomic E-state index is 0.0952. The number of thiophene rings is 1. The van der Waals surface area contributed by atoms with Crippen molar-refractivity contribution < 1.29 is 9.59 Å². The van der Waals surface area contributed by atoms with E-state index in [-0.39, 0.29) is 24.7 Å². The van der Waals surface area contributed by atoms with E-state index in [0.717, 1.165) is 27.4 Å². The van der Waals surface area contributed by atoms with Crippen LogP contribution in [0.4, 0.5) is 5.69 Å². The predicted octanol–water partition coefficient (Wildman–Crippen LogP) is 3.62. The first-order chi connectivity index (χ1) is 11.5. The van der Waals surface area contributed by atoms with Crippen LogP contribution in [0.25, 0.3) is 0 Å². The zero-order valence-corrected chi connectivity index (χ0v) is 14.9.